The Bertz CT molecular complexity index is 838. The van der Waals surface area contributed by atoms with Gasteiger partial charge < -0.3 is 10.1 Å². The van der Waals surface area contributed by atoms with Crippen LogP contribution in [0.25, 0.3) is 10.9 Å². The van der Waals surface area contributed by atoms with E-state index >= 15 is 0 Å². The molecule has 2 N–H and O–H groups in total. The SMILES string of the molecule is C[C@@H]1CCC[C@@]2(C)[C@@H]3Cc4c([nH]c5ccccc45)C[C@@]3(O)CC[C@@]12C. The Morgan fingerprint density at radius 2 is 1.88 bits per heavy atom. The van der Waals surface area contributed by atoms with Gasteiger partial charge >= 0.3 is 0 Å². The summed E-state index contributed by atoms with van der Waals surface area (Å²) in [4.78, 5) is 3.62. The van der Waals surface area contributed by atoms with Gasteiger partial charge in [-0.05, 0) is 60.0 Å². The van der Waals surface area contributed by atoms with Crippen molar-refractivity contribution in [1.82, 2.24) is 4.98 Å². The van der Waals surface area contributed by atoms with Crippen molar-refractivity contribution in [3.05, 3.63) is 35.5 Å². The first-order valence-electron chi connectivity index (χ1n) is 10.2. The fourth-order valence-corrected chi connectivity index (χ4v) is 7.07. The highest BCUT2D eigenvalue weighted by Crippen LogP contribution is 2.67. The van der Waals surface area contributed by atoms with Crippen LogP contribution in [0.3, 0.4) is 0 Å². The summed E-state index contributed by atoms with van der Waals surface area (Å²) in [7, 11) is 0. The van der Waals surface area contributed by atoms with Gasteiger partial charge in [0.2, 0.25) is 0 Å². The molecule has 1 aromatic heterocycles. The molecule has 0 spiro atoms. The third kappa shape index (κ3) is 1.90. The van der Waals surface area contributed by atoms with Gasteiger partial charge in [0.25, 0.3) is 0 Å². The molecule has 3 aliphatic carbocycles. The molecular weight excluding hydrogens is 306 g/mol. The average Bonchev–Trinajstić information content (AvgIpc) is 2.93. The van der Waals surface area contributed by atoms with Crippen molar-refractivity contribution in [3.63, 3.8) is 0 Å². The number of H-pyrrole nitrogens is 1. The molecule has 5 atom stereocenters. The number of aromatic nitrogens is 1. The first-order valence-corrected chi connectivity index (χ1v) is 10.2. The van der Waals surface area contributed by atoms with Crippen LogP contribution in [0.1, 0.15) is 64.1 Å². The zero-order valence-electron chi connectivity index (χ0n) is 15.9. The van der Waals surface area contributed by atoms with E-state index in [0.29, 0.717) is 11.3 Å². The Hall–Kier alpha value is -1.28. The molecule has 2 fully saturated rings. The zero-order chi connectivity index (χ0) is 17.4. The van der Waals surface area contributed by atoms with E-state index in [4.69, 9.17) is 0 Å². The van der Waals surface area contributed by atoms with Crippen LogP contribution >= 0.6 is 0 Å². The van der Waals surface area contributed by atoms with E-state index in [1.165, 1.54) is 47.8 Å². The molecule has 2 heteroatoms. The maximum absolute atomic E-state index is 11.7. The summed E-state index contributed by atoms with van der Waals surface area (Å²) in [5.74, 6) is 1.15. The average molecular weight is 338 g/mol. The Kier molecular flexibility index (Phi) is 3.13. The predicted octanol–water partition coefficient (Wildman–Crippen LogP) is 5.24. The van der Waals surface area contributed by atoms with E-state index < -0.39 is 5.60 Å². The Labute approximate surface area is 151 Å². The first-order chi connectivity index (χ1) is 11.9. The molecule has 0 saturated heterocycles. The van der Waals surface area contributed by atoms with E-state index in [2.05, 4.69) is 50.0 Å². The van der Waals surface area contributed by atoms with Crippen molar-refractivity contribution >= 4 is 10.9 Å². The third-order valence-electron chi connectivity index (χ3n) is 9.01. The van der Waals surface area contributed by atoms with Gasteiger partial charge in [-0.3, -0.25) is 0 Å². The Morgan fingerprint density at radius 3 is 2.72 bits per heavy atom. The van der Waals surface area contributed by atoms with Crippen molar-refractivity contribution in [1.29, 1.82) is 0 Å². The highest BCUT2D eigenvalue weighted by atomic mass is 16.3. The summed E-state index contributed by atoms with van der Waals surface area (Å²) < 4.78 is 0. The van der Waals surface area contributed by atoms with Crippen LogP contribution in [-0.4, -0.2) is 15.7 Å². The van der Waals surface area contributed by atoms with Gasteiger partial charge in [-0.25, -0.2) is 0 Å². The molecule has 3 aliphatic rings. The molecule has 1 aromatic carbocycles. The van der Waals surface area contributed by atoms with Crippen molar-refractivity contribution in [3.8, 4) is 0 Å². The minimum Gasteiger partial charge on any atom is -0.389 e. The lowest BCUT2D eigenvalue weighted by Crippen LogP contribution is -2.63. The number of hydrogen-bond acceptors (Lipinski definition) is 1. The van der Waals surface area contributed by atoms with E-state index in [0.717, 1.165) is 25.2 Å². The molecule has 2 nitrogen and oxygen atoms in total. The fourth-order valence-electron chi connectivity index (χ4n) is 7.07. The fraction of sp³-hybridized carbons (Fsp3) is 0.652. The summed E-state index contributed by atoms with van der Waals surface area (Å²) in [5.41, 5.74) is 4.09. The quantitative estimate of drug-likeness (QED) is 0.677. The lowest BCUT2D eigenvalue weighted by atomic mass is 9.40. The number of rotatable bonds is 0. The second-order valence-electron chi connectivity index (χ2n) is 9.79. The van der Waals surface area contributed by atoms with Gasteiger partial charge in [-0.1, -0.05) is 51.8 Å². The molecule has 5 rings (SSSR count). The molecule has 0 radical (unpaired) electrons. The van der Waals surface area contributed by atoms with E-state index in [1.807, 2.05) is 0 Å². The number of aromatic amines is 1. The summed E-state index contributed by atoms with van der Waals surface area (Å²) in [6.07, 6.45) is 7.93. The van der Waals surface area contributed by atoms with Gasteiger partial charge in [-0.2, -0.15) is 0 Å². The summed E-state index contributed by atoms with van der Waals surface area (Å²) >= 11 is 0. The topological polar surface area (TPSA) is 36.0 Å². The second-order valence-corrected chi connectivity index (χ2v) is 9.79. The summed E-state index contributed by atoms with van der Waals surface area (Å²) in [6.45, 7) is 7.50. The van der Waals surface area contributed by atoms with Gasteiger partial charge in [0.05, 0.1) is 5.60 Å². The first kappa shape index (κ1) is 15.9. The van der Waals surface area contributed by atoms with E-state index in [9.17, 15) is 5.11 Å². The zero-order valence-corrected chi connectivity index (χ0v) is 15.9. The normalized spacial score (nSPS) is 43.4. The van der Waals surface area contributed by atoms with Crippen LogP contribution < -0.4 is 0 Å². The van der Waals surface area contributed by atoms with Crippen molar-refractivity contribution in [2.75, 3.05) is 0 Å². The Balaban J connectivity index is 1.66. The largest absolute Gasteiger partial charge is 0.389 e. The van der Waals surface area contributed by atoms with Gasteiger partial charge in [0.1, 0.15) is 0 Å². The predicted molar refractivity (Wildman–Crippen MR) is 103 cm³/mol. The molecule has 25 heavy (non-hydrogen) atoms. The summed E-state index contributed by atoms with van der Waals surface area (Å²) in [6, 6.07) is 8.68. The molecule has 2 saturated carbocycles. The minimum atomic E-state index is -0.529. The van der Waals surface area contributed by atoms with Crippen LogP contribution in [0.5, 0.6) is 0 Å². The highest BCUT2D eigenvalue weighted by molar-refractivity contribution is 5.85. The third-order valence-corrected chi connectivity index (χ3v) is 9.01. The molecule has 2 aromatic rings. The second kappa shape index (κ2) is 4.91. The number of hydrogen-bond donors (Lipinski definition) is 2. The van der Waals surface area contributed by atoms with Crippen molar-refractivity contribution in [2.45, 2.75) is 71.3 Å². The molecule has 0 amide bonds. The maximum Gasteiger partial charge on any atom is 0.0739 e. The molecule has 1 heterocycles. The lowest BCUT2D eigenvalue weighted by molar-refractivity contribution is -0.201. The van der Waals surface area contributed by atoms with Crippen molar-refractivity contribution < 1.29 is 5.11 Å². The standard InChI is InChI=1S/C23H31NO/c1-15-7-6-10-22(3)20-13-17-16-8-4-5-9-18(16)24-19(17)14-23(20,25)12-11-21(15,22)2/h4-5,8-9,15,20,24-25H,6-7,10-14H2,1-3H3/t15-,20+,21+,22+,23+/m1/s1. The smallest absolute Gasteiger partial charge is 0.0739 e. The number of nitrogens with one attached hydrogen (secondary N) is 1. The Morgan fingerprint density at radius 1 is 1.08 bits per heavy atom. The van der Waals surface area contributed by atoms with Gasteiger partial charge in [0, 0.05) is 23.0 Å². The van der Waals surface area contributed by atoms with Gasteiger partial charge in [0.15, 0.2) is 0 Å². The van der Waals surface area contributed by atoms with Gasteiger partial charge in [-0.15, -0.1) is 0 Å². The van der Waals surface area contributed by atoms with Crippen LogP contribution in [0.4, 0.5) is 0 Å². The maximum atomic E-state index is 11.7. The lowest BCUT2D eigenvalue weighted by Gasteiger charge is -2.65. The molecule has 134 valence electrons. The number of fused-ring (bicyclic) bond motifs is 6. The van der Waals surface area contributed by atoms with E-state index in [1.54, 1.807) is 0 Å². The van der Waals surface area contributed by atoms with E-state index in [-0.39, 0.29) is 5.41 Å². The van der Waals surface area contributed by atoms with Crippen LogP contribution in [0.2, 0.25) is 0 Å². The molecule has 0 aliphatic heterocycles. The van der Waals surface area contributed by atoms with Crippen molar-refractivity contribution in [2.24, 2.45) is 22.7 Å². The number of benzene rings is 1. The summed E-state index contributed by atoms with van der Waals surface area (Å²) in [5, 5.41) is 13.1. The number of aliphatic hydroxyl groups is 1. The molecular formula is C23H31NO. The number of para-hydroxylation sites is 1. The minimum absolute atomic E-state index is 0.244. The van der Waals surface area contributed by atoms with Crippen LogP contribution in [0, 0.1) is 22.7 Å². The molecule has 0 unspecified atom stereocenters. The highest BCUT2D eigenvalue weighted by Gasteiger charge is 2.63. The molecule has 0 bridgehead atoms. The monoisotopic (exact) mass is 337 g/mol. The van der Waals surface area contributed by atoms with Crippen LogP contribution in [-0.2, 0) is 12.8 Å². The van der Waals surface area contributed by atoms with Crippen LogP contribution in [0.15, 0.2) is 24.3 Å².